The van der Waals surface area contributed by atoms with Gasteiger partial charge in [-0.05, 0) is 43.1 Å². The van der Waals surface area contributed by atoms with Gasteiger partial charge in [0.25, 0.3) is 0 Å². The number of fused-ring (bicyclic) bond motifs is 1. The molecule has 1 aliphatic rings. The molecule has 0 atom stereocenters. The van der Waals surface area contributed by atoms with Crippen molar-refractivity contribution in [2.24, 2.45) is 0 Å². The fourth-order valence-corrected chi connectivity index (χ4v) is 5.88. The molecule has 3 heterocycles. The summed E-state index contributed by atoms with van der Waals surface area (Å²) >= 11 is 6.30. The number of nitriles is 1. The minimum absolute atomic E-state index is 0.0627. The molecular weight excluding hydrogens is 535 g/mol. The lowest BCUT2D eigenvalue weighted by atomic mass is 9.89. The van der Waals surface area contributed by atoms with E-state index in [-0.39, 0.29) is 27.4 Å². The molecule has 1 aliphatic carbocycles. The van der Waals surface area contributed by atoms with E-state index in [1.54, 1.807) is 18.5 Å². The maximum atomic E-state index is 14.8. The standard InChI is InChI=1S/C27H30ClFN8OSi/c1-27(2,3)39(4,5)38-19-8-18(9-19)35-24-11-25(33-15-32-24)36-23-10-22-17(13-31-23)14-34-37(22)26-20(28)6-16(12-30)7-21(26)29/h6-7,10-11,13-15,18-19H,8-9H2,1-5H3,(H2,31,32,33,35,36)/t18-,19+. The molecule has 2 N–H and O–H groups in total. The van der Waals surface area contributed by atoms with Gasteiger partial charge in [-0.3, -0.25) is 0 Å². The van der Waals surface area contributed by atoms with E-state index in [0.29, 0.717) is 34.4 Å². The van der Waals surface area contributed by atoms with Gasteiger partial charge < -0.3 is 15.1 Å². The highest BCUT2D eigenvalue weighted by Gasteiger charge is 2.42. The number of hydrogen-bond donors (Lipinski definition) is 2. The maximum Gasteiger partial charge on any atom is 0.192 e. The van der Waals surface area contributed by atoms with Gasteiger partial charge in [0.05, 0.1) is 28.4 Å². The third-order valence-corrected chi connectivity index (χ3v) is 12.3. The van der Waals surface area contributed by atoms with Crippen molar-refractivity contribution in [3.8, 4) is 11.8 Å². The molecule has 202 valence electrons. The van der Waals surface area contributed by atoms with Gasteiger partial charge >= 0.3 is 0 Å². The van der Waals surface area contributed by atoms with E-state index < -0.39 is 14.1 Å². The lowest BCUT2D eigenvalue weighted by Crippen LogP contribution is -2.50. The quantitative estimate of drug-likeness (QED) is 0.242. The molecule has 12 heteroatoms. The van der Waals surface area contributed by atoms with Crippen LogP contribution in [0.1, 0.15) is 39.2 Å². The molecular formula is C27H30ClFN8OSi. The van der Waals surface area contributed by atoms with Crippen molar-refractivity contribution in [3.05, 3.63) is 59.4 Å². The van der Waals surface area contributed by atoms with Crippen molar-refractivity contribution in [3.63, 3.8) is 0 Å². The molecule has 0 bridgehead atoms. The Bertz CT molecular complexity index is 1550. The van der Waals surface area contributed by atoms with Crippen LogP contribution in [0.15, 0.2) is 43.0 Å². The lowest BCUT2D eigenvalue weighted by molar-refractivity contribution is 0.0928. The third-order valence-electron chi connectivity index (χ3n) is 7.45. The third kappa shape index (κ3) is 5.59. The van der Waals surface area contributed by atoms with Crippen LogP contribution in [-0.4, -0.2) is 45.2 Å². The molecule has 9 nitrogen and oxygen atoms in total. The van der Waals surface area contributed by atoms with Crippen LogP contribution < -0.4 is 10.6 Å². The summed E-state index contributed by atoms with van der Waals surface area (Å²) in [5.41, 5.74) is 0.788. The van der Waals surface area contributed by atoms with Crippen molar-refractivity contribution in [2.75, 3.05) is 10.6 Å². The summed E-state index contributed by atoms with van der Waals surface area (Å²) in [5, 5.41) is 21.0. The molecule has 0 radical (unpaired) electrons. The molecule has 0 spiro atoms. The van der Waals surface area contributed by atoms with Gasteiger partial charge in [0.2, 0.25) is 0 Å². The van der Waals surface area contributed by atoms with Crippen molar-refractivity contribution in [1.82, 2.24) is 24.7 Å². The second-order valence-electron chi connectivity index (χ2n) is 11.3. The predicted octanol–water partition coefficient (Wildman–Crippen LogP) is 6.58. The zero-order chi connectivity index (χ0) is 27.9. The number of halogens is 2. The van der Waals surface area contributed by atoms with Crippen LogP contribution in [0, 0.1) is 17.1 Å². The van der Waals surface area contributed by atoms with E-state index in [0.717, 1.165) is 18.9 Å². The number of nitrogens with zero attached hydrogens (tertiary/aromatic N) is 6. The van der Waals surface area contributed by atoms with Crippen LogP contribution in [0.3, 0.4) is 0 Å². The van der Waals surface area contributed by atoms with E-state index >= 15 is 0 Å². The number of hydrogen-bond acceptors (Lipinski definition) is 8. The van der Waals surface area contributed by atoms with E-state index in [2.05, 4.69) is 64.5 Å². The van der Waals surface area contributed by atoms with Gasteiger partial charge in [-0.2, -0.15) is 10.4 Å². The monoisotopic (exact) mass is 564 g/mol. The van der Waals surface area contributed by atoms with Gasteiger partial charge in [0, 0.05) is 35.9 Å². The highest BCUT2D eigenvalue weighted by Crippen LogP contribution is 2.40. The Morgan fingerprint density at radius 3 is 2.49 bits per heavy atom. The Hall–Kier alpha value is -3.59. The fraction of sp³-hybridized carbons (Fsp3) is 0.370. The molecule has 1 fully saturated rings. The first kappa shape index (κ1) is 27.0. The molecule has 0 aliphatic heterocycles. The molecule has 39 heavy (non-hydrogen) atoms. The van der Waals surface area contributed by atoms with Crippen molar-refractivity contribution < 1.29 is 8.82 Å². The minimum atomic E-state index is -1.78. The summed E-state index contributed by atoms with van der Waals surface area (Å²) < 4.78 is 22.7. The molecule has 3 aromatic heterocycles. The van der Waals surface area contributed by atoms with Crippen LogP contribution >= 0.6 is 11.6 Å². The number of pyridine rings is 1. The number of rotatable bonds is 7. The van der Waals surface area contributed by atoms with E-state index in [1.165, 1.54) is 17.1 Å². The first-order valence-electron chi connectivity index (χ1n) is 12.7. The van der Waals surface area contributed by atoms with Gasteiger partial charge in [-0.15, -0.1) is 0 Å². The predicted molar refractivity (Wildman–Crippen MR) is 153 cm³/mol. The van der Waals surface area contributed by atoms with E-state index in [9.17, 15) is 4.39 Å². The Labute approximate surface area is 232 Å². The average molecular weight is 565 g/mol. The van der Waals surface area contributed by atoms with Crippen LogP contribution in [0.25, 0.3) is 16.6 Å². The van der Waals surface area contributed by atoms with Gasteiger partial charge in [0.1, 0.15) is 29.5 Å². The Kier molecular flexibility index (Phi) is 7.05. The molecule has 1 aromatic carbocycles. The summed E-state index contributed by atoms with van der Waals surface area (Å²) in [4.78, 5) is 13.1. The highest BCUT2D eigenvalue weighted by atomic mass is 35.5. The number of benzene rings is 1. The lowest BCUT2D eigenvalue weighted by Gasteiger charge is -2.45. The van der Waals surface area contributed by atoms with Crippen molar-refractivity contribution >= 4 is 48.3 Å². The molecule has 0 saturated heterocycles. The van der Waals surface area contributed by atoms with E-state index in [4.69, 9.17) is 21.3 Å². The van der Waals surface area contributed by atoms with Gasteiger partial charge in [-0.1, -0.05) is 32.4 Å². The largest absolute Gasteiger partial charge is 0.414 e. The summed E-state index contributed by atoms with van der Waals surface area (Å²) in [6, 6.07) is 8.29. The van der Waals surface area contributed by atoms with Crippen LogP contribution in [0.2, 0.25) is 23.2 Å². The molecule has 4 aromatic rings. The number of anilines is 3. The first-order chi connectivity index (χ1) is 18.4. The second-order valence-corrected chi connectivity index (χ2v) is 16.5. The molecule has 0 unspecified atom stereocenters. The maximum absolute atomic E-state index is 14.8. The molecule has 0 amide bonds. The molecule has 1 saturated carbocycles. The number of aromatic nitrogens is 5. The SMILES string of the molecule is CC(C)(C)[Si](C)(C)O[C@H]1C[C@@H](Nc2cc(Nc3cc4c(cn3)cnn4-c3c(F)cc(C#N)cc3Cl)ncn2)C1. The van der Waals surface area contributed by atoms with Crippen LogP contribution in [0.5, 0.6) is 0 Å². The topological polar surface area (TPSA) is 114 Å². The Balaban J connectivity index is 1.28. The Morgan fingerprint density at radius 1 is 1.08 bits per heavy atom. The van der Waals surface area contributed by atoms with E-state index in [1.807, 2.05) is 12.1 Å². The fourth-order valence-electron chi connectivity index (χ4n) is 4.22. The summed E-state index contributed by atoms with van der Waals surface area (Å²) in [5.74, 6) is 1.11. The summed E-state index contributed by atoms with van der Waals surface area (Å²) in [7, 11) is -1.78. The smallest absolute Gasteiger partial charge is 0.192 e. The Morgan fingerprint density at radius 2 is 1.79 bits per heavy atom. The zero-order valence-corrected chi connectivity index (χ0v) is 24.2. The average Bonchev–Trinajstić information content (AvgIpc) is 3.24. The molecule has 5 rings (SSSR count). The zero-order valence-electron chi connectivity index (χ0n) is 22.5. The van der Waals surface area contributed by atoms with Crippen molar-refractivity contribution in [2.45, 2.75) is 63.9 Å². The summed E-state index contributed by atoms with van der Waals surface area (Å²) in [6.07, 6.45) is 6.85. The van der Waals surface area contributed by atoms with Crippen LogP contribution in [0.4, 0.5) is 21.8 Å². The minimum Gasteiger partial charge on any atom is -0.414 e. The second kappa shape index (κ2) is 10.2. The highest BCUT2D eigenvalue weighted by molar-refractivity contribution is 6.74. The normalized spacial score (nSPS) is 17.5. The first-order valence-corrected chi connectivity index (χ1v) is 16.0. The number of nitrogens with one attached hydrogen (secondary N) is 2. The van der Waals surface area contributed by atoms with Crippen molar-refractivity contribution in [1.29, 1.82) is 5.26 Å². The van der Waals surface area contributed by atoms with Gasteiger partial charge in [-0.25, -0.2) is 24.0 Å². The van der Waals surface area contributed by atoms with Crippen LogP contribution in [-0.2, 0) is 4.43 Å². The van der Waals surface area contributed by atoms with Gasteiger partial charge in [0.15, 0.2) is 14.1 Å². The summed E-state index contributed by atoms with van der Waals surface area (Å²) in [6.45, 7) is 11.3.